The Morgan fingerprint density at radius 3 is 2.41 bits per heavy atom. The van der Waals surface area contributed by atoms with Crippen LogP contribution in [0.3, 0.4) is 0 Å². The standard InChI is InChI=1S/C28H33F3N4O2/c1-21-16-25(35-14-12-34(13-15-35)11-9-24-4-2-3-10-33-24)17-23(27(21)20-36)19-32-18-22-5-7-26(8-6-22)37-28(29,30)31/h2-8,10,16-17,32,36H,9,11-15,18-20H2,1H3. The number of aliphatic hydroxyl groups is 1. The number of benzene rings is 2. The van der Waals surface area contributed by atoms with Gasteiger partial charge in [0.05, 0.1) is 6.61 Å². The molecule has 2 N–H and O–H groups in total. The van der Waals surface area contributed by atoms with Gasteiger partial charge in [0.2, 0.25) is 0 Å². The molecule has 0 amide bonds. The van der Waals surface area contributed by atoms with Crippen LogP contribution in [0.2, 0.25) is 0 Å². The van der Waals surface area contributed by atoms with Crippen LogP contribution in [0.4, 0.5) is 18.9 Å². The molecule has 37 heavy (non-hydrogen) atoms. The van der Waals surface area contributed by atoms with Crippen molar-refractivity contribution in [2.45, 2.75) is 39.4 Å². The van der Waals surface area contributed by atoms with Crippen molar-refractivity contribution in [1.29, 1.82) is 0 Å². The lowest BCUT2D eigenvalue weighted by molar-refractivity contribution is -0.274. The summed E-state index contributed by atoms with van der Waals surface area (Å²) in [7, 11) is 0. The number of pyridine rings is 1. The molecule has 2 aromatic carbocycles. The maximum atomic E-state index is 12.4. The Bertz CT molecular complexity index is 1130. The number of hydrogen-bond acceptors (Lipinski definition) is 6. The van der Waals surface area contributed by atoms with Crippen LogP contribution >= 0.6 is 0 Å². The third-order valence-electron chi connectivity index (χ3n) is 6.66. The first-order valence-electron chi connectivity index (χ1n) is 12.5. The Kier molecular flexibility index (Phi) is 9.02. The molecule has 0 bridgehead atoms. The Labute approximate surface area is 215 Å². The van der Waals surface area contributed by atoms with Gasteiger partial charge >= 0.3 is 6.36 Å². The number of alkyl halides is 3. The van der Waals surface area contributed by atoms with E-state index in [0.717, 1.165) is 72.8 Å². The third-order valence-corrected chi connectivity index (χ3v) is 6.66. The molecule has 198 valence electrons. The normalized spacial score (nSPS) is 14.7. The summed E-state index contributed by atoms with van der Waals surface area (Å²) in [6.07, 6.45) is -1.92. The SMILES string of the molecule is Cc1cc(N2CCN(CCc3ccccn3)CC2)cc(CNCc2ccc(OC(F)(F)F)cc2)c1CO. The highest BCUT2D eigenvalue weighted by atomic mass is 19.4. The van der Waals surface area contributed by atoms with Crippen LogP contribution in [0.25, 0.3) is 0 Å². The number of hydrogen-bond donors (Lipinski definition) is 2. The molecule has 0 saturated carbocycles. The molecule has 6 nitrogen and oxygen atoms in total. The lowest BCUT2D eigenvalue weighted by atomic mass is 10.00. The van der Waals surface area contributed by atoms with Gasteiger partial charge in [-0.05, 0) is 65.6 Å². The average molecular weight is 515 g/mol. The van der Waals surface area contributed by atoms with Crippen molar-refractivity contribution in [3.8, 4) is 5.75 Å². The van der Waals surface area contributed by atoms with E-state index in [1.807, 2.05) is 25.3 Å². The smallest absolute Gasteiger partial charge is 0.406 e. The fourth-order valence-corrected chi connectivity index (χ4v) is 4.63. The number of ether oxygens (including phenoxy) is 1. The number of halogens is 3. The summed E-state index contributed by atoms with van der Waals surface area (Å²) in [5, 5.41) is 13.3. The minimum absolute atomic E-state index is 0.0477. The summed E-state index contributed by atoms with van der Waals surface area (Å²) in [6.45, 7) is 7.80. The van der Waals surface area contributed by atoms with E-state index in [-0.39, 0.29) is 12.4 Å². The van der Waals surface area contributed by atoms with Gasteiger partial charge in [-0.15, -0.1) is 13.2 Å². The molecule has 1 aliphatic rings. The van der Waals surface area contributed by atoms with E-state index >= 15 is 0 Å². The predicted octanol–water partition coefficient (Wildman–Crippen LogP) is 4.44. The molecule has 4 rings (SSSR count). The molecule has 1 aromatic heterocycles. The highest BCUT2D eigenvalue weighted by Gasteiger charge is 2.31. The Morgan fingerprint density at radius 1 is 1.00 bits per heavy atom. The molecule has 0 radical (unpaired) electrons. The quantitative estimate of drug-likeness (QED) is 0.417. The molecule has 1 fully saturated rings. The number of piperazine rings is 1. The first-order valence-corrected chi connectivity index (χ1v) is 12.5. The highest BCUT2D eigenvalue weighted by molar-refractivity contribution is 5.55. The maximum absolute atomic E-state index is 12.4. The number of aliphatic hydroxyl groups excluding tert-OH is 1. The van der Waals surface area contributed by atoms with Crippen LogP contribution in [-0.4, -0.2) is 54.1 Å². The fraction of sp³-hybridized carbons (Fsp3) is 0.393. The van der Waals surface area contributed by atoms with Crippen LogP contribution in [0.5, 0.6) is 5.75 Å². The monoisotopic (exact) mass is 514 g/mol. The molecule has 2 heterocycles. The Hall–Kier alpha value is -3.14. The zero-order valence-corrected chi connectivity index (χ0v) is 21.0. The molecule has 3 aromatic rings. The zero-order chi connectivity index (χ0) is 26.3. The van der Waals surface area contributed by atoms with E-state index in [9.17, 15) is 18.3 Å². The molecule has 1 aliphatic heterocycles. The van der Waals surface area contributed by atoms with E-state index in [4.69, 9.17) is 0 Å². The van der Waals surface area contributed by atoms with Crippen LogP contribution in [0.15, 0.2) is 60.8 Å². The van der Waals surface area contributed by atoms with Crippen LogP contribution in [0.1, 0.15) is 27.9 Å². The van der Waals surface area contributed by atoms with Crippen molar-refractivity contribution in [2.75, 3.05) is 37.6 Å². The molecule has 0 atom stereocenters. The predicted molar refractivity (Wildman–Crippen MR) is 137 cm³/mol. The van der Waals surface area contributed by atoms with E-state index in [0.29, 0.717) is 13.1 Å². The number of anilines is 1. The Morgan fingerprint density at radius 2 is 1.76 bits per heavy atom. The lowest BCUT2D eigenvalue weighted by Gasteiger charge is -2.36. The molecular weight excluding hydrogens is 481 g/mol. The van der Waals surface area contributed by atoms with Crippen molar-refractivity contribution in [1.82, 2.24) is 15.2 Å². The number of rotatable bonds is 10. The van der Waals surface area contributed by atoms with Crippen molar-refractivity contribution in [3.63, 3.8) is 0 Å². The molecular formula is C28H33F3N4O2. The van der Waals surface area contributed by atoms with Gasteiger partial charge in [0.15, 0.2) is 0 Å². The zero-order valence-electron chi connectivity index (χ0n) is 21.0. The van der Waals surface area contributed by atoms with Crippen LogP contribution in [-0.2, 0) is 26.1 Å². The second-order valence-electron chi connectivity index (χ2n) is 9.25. The summed E-state index contributed by atoms with van der Waals surface area (Å²) >= 11 is 0. The van der Waals surface area contributed by atoms with E-state index in [2.05, 4.69) is 43.0 Å². The third kappa shape index (κ3) is 7.92. The van der Waals surface area contributed by atoms with Gasteiger partial charge < -0.3 is 20.1 Å². The first-order chi connectivity index (χ1) is 17.8. The molecule has 9 heteroatoms. The highest BCUT2D eigenvalue weighted by Crippen LogP contribution is 2.26. The Balaban J connectivity index is 1.32. The number of nitrogens with one attached hydrogen (secondary N) is 1. The molecule has 1 saturated heterocycles. The van der Waals surface area contributed by atoms with Gasteiger partial charge in [-0.3, -0.25) is 9.88 Å². The van der Waals surface area contributed by atoms with E-state index < -0.39 is 6.36 Å². The van der Waals surface area contributed by atoms with Crippen molar-refractivity contribution in [3.05, 3.63) is 88.7 Å². The topological polar surface area (TPSA) is 60.9 Å². The molecule has 0 spiro atoms. The minimum atomic E-state index is -4.70. The van der Waals surface area contributed by atoms with Crippen LogP contribution < -0.4 is 15.0 Å². The fourth-order valence-electron chi connectivity index (χ4n) is 4.63. The number of aromatic nitrogens is 1. The lowest BCUT2D eigenvalue weighted by Crippen LogP contribution is -2.47. The summed E-state index contributed by atoms with van der Waals surface area (Å²) in [4.78, 5) is 9.26. The molecule has 0 unspecified atom stereocenters. The minimum Gasteiger partial charge on any atom is -0.406 e. The van der Waals surface area contributed by atoms with Crippen LogP contribution in [0, 0.1) is 6.92 Å². The summed E-state index contributed by atoms with van der Waals surface area (Å²) < 4.78 is 41.0. The summed E-state index contributed by atoms with van der Waals surface area (Å²) in [6, 6.07) is 16.1. The van der Waals surface area contributed by atoms with Gasteiger partial charge in [-0.2, -0.15) is 0 Å². The van der Waals surface area contributed by atoms with E-state index in [1.54, 1.807) is 12.1 Å². The number of nitrogens with zero attached hydrogens (tertiary/aromatic N) is 3. The van der Waals surface area contributed by atoms with Gasteiger partial charge in [0.25, 0.3) is 0 Å². The average Bonchev–Trinajstić information content (AvgIpc) is 2.88. The van der Waals surface area contributed by atoms with Gasteiger partial charge in [0, 0.05) is 69.8 Å². The van der Waals surface area contributed by atoms with E-state index in [1.165, 1.54) is 12.1 Å². The molecule has 0 aliphatic carbocycles. The van der Waals surface area contributed by atoms with Crippen molar-refractivity contribution >= 4 is 5.69 Å². The number of aryl methyl sites for hydroxylation is 1. The van der Waals surface area contributed by atoms with Crippen molar-refractivity contribution in [2.24, 2.45) is 0 Å². The second-order valence-corrected chi connectivity index (χ2v) is 9.25. The van der Waals surface area contributed by atoms with Gasteiger partial charge in [0.1, 0.15) is 5.75 Å². The maximum Gasteiger partial charge on any atom is 0.573 e. The summed E-state index contributed by atoms with van der Waals surface area (Å²) in [5.41, 5.74) is 6.07. The second kappa shape index (κ2) is 12.4. The largest absolute Gasteiger partial charge is 0.573 e. The van der Waals surface area contributed by atoms with Gasteiger partial charge in [-0.25, -0.2) is 0 Å². The van der Waals surface area contributed by atoms with Crippen molar-refractivity contribution < 1.29 is 23.0 Å². The summed E-state index contributed by atoms with van der Waals surface area (Å²) in [5.74, 6) is -0.237. The van der Waals surface area contributed by atoms with Gasteiger partial charge in [-0.1, -0.05) is 18.2 Å². The first kappa shape index (κ1) is 26.9.